The molecule has 3 rings (SSSR count). The van der Waals surface area contributed by atoms with Gasteiger partial charge < -0.3 is 10.6 Å². The first-order chi connectivity index (χ1) is 14.1. The minimum Gasteiger partial charge on any atom is -0.348 e. The van der Waals surface area contributed by atoms with E-state index in [-0.39, 0.29) is 5.57 Å². The Morgan fingerprint density at radius 1 is 0.690 bits per heavy atom. The van der Waals surface area contributed by atoms with Crippen LogP contribution in [0.5, 0.6) is 0 Å². The molecule has 0 heterocycles. The number of hydrogen-bond donors (Lipinski definition) is 2. The summed E-state index contributed by atoms with van der Waals surface area (Å²) in [6, 6.07) is 26.6. The van der Waals surface area contributed by atoms with Gasteiger partial charge >= 0.3 is 0 Å². The summed E-state index contributed by atoms with van der Waals surface area (Å²) in [5.41, 5.74) is 2.77. The molecule has 0 aliphatic heterocycles. The van der Waals surface area contributed by atoms with E-state index in [0.717, 1.165) is 21.2 Å². The molecule has 0 saturated carbocycles. The summed E-state index contributed by atoms with van der Waals surface area (Å²) in [5.74, 6) is -0.829. The molecule has 0 aliphatic rings. The molecular formula is C24H21BrN2O2. The van der Waals surface area contributed by atoms with Crippen molar-refractivity contribution in [2.75, 3.05) is 0 Å². The van der Waals surface area contributed by atoms with Crippen molar-refractivity contribution in [1.82, 2.24) is 10.6 Å². The van der Waals surface area contributed by atoms with Gasteiger partial charge in [-0.15, -0.1) is 0 Å². The van der Waals surface area contributed by atoms with Crippen LogP contribution in [-0.4, -0.2) is 11.8 Å². The summed E-state index contributed by atoms with van der Waals surface area (Å²) in [6.07, 6.45) is 1.60. The van der Waals surface area contributed by atoms with Crippen LogP contribution in [0.3, 0.4) is 0 Å². The van der Waals surface area contributed by atoms with Crippen LogP contribution < -0.4 is 10.6 Å². The molecule has 0 fully saturated rings. The van der Waals surface area contributed by atoms with Gasteiger partial charge in [0.2, 0.25) is 0 Å². The Hall–Kier alpha value is -3.18. The van der Waals surface area contributed by atoms with Crippen LogP contribution in [0.4, 0.5) is 0 Å². The smallest absolute Gasteiger partial charge is 0.257 e. The standard InChI is InChI=1S/C24H21BrN2O2/c25-21-13-11-18(12-14-21)15-22(23(28)26-16-19-7-3-1-4-8-19)24(29)27-17-20-9-5-2-6-10-20/h1-15H,16-17H2,(H,26,28)(H,27,29). The fraction of sp³-hybridized carbons (Fsp3) is 0.0833. The number of benzene rings is 3. The predicted octanol–water partition coefficient (Wildman–Crippen LogP) is 4.47. The third-order valence-electron chi connectivity index (χ3n) is 4.26. The van der Waals surface area contributed by atoms with Gasteiger partial charge in [-0.1, -0.05) is 88.7 Å². The van der Waals surface area contributed by atoms with Crippen LogP contribution >= 0.6 is 15.9 Å². The molecule has 0 unspecified atom stereocenters. The second-order valence-corrected chi connectivity index (χ2v) is 7.36. The Kier molecular flexibility index (Phi) is 7.36. The maximum Gasteiger partial charge on any atom is 0.257 e. The van der Waals surface area contributed by atoms with E-state index in [4.69, 9.17) is 0 Å². The van der Waals surface area contributed by atoms with Crippen LogP contribution in [0.2, 0.25) is 0 Å². The minimum atomic E-state index is -0.415. The SMILES string of the molecule is O=C(NCc1ccccc1)C(=Cc1ccc(Br)cc1)C(=O)NCc1ccccc1. The maximum absolute atomic E-state index is 12.8. The summed E-state index contributed by atoms with van der Waals surface area (Å²) in [6.45, 7) is 0.701. The Morgan fingerprint density at radius 3 is 1.59 bits per heavy atom. The number of carbonyl (C=O) groups is 2. The predicted molar refractivity (Wildman–Crippen MR) is 119 cm³/mol. The quantitative estimate of drug-likeness (QED) is 0.318. The fourth-order valence-corrected chi connectivity index (χ4v) is 2.97. The second-order valence-electron chi connectivity index (χ2n) is 6.45. The lowest BCUT2D eigenvalue weighted by Gasteiger charge is -2.11. The molecular weight excluding hydrogens is 428 g/mol. The summed E-state index contributed by atoms with van der Waals surface area (Å²) in [4.78, 5) is 25.6. The lowest BCUT2D eigenvalue weighted by atomic mass is 10.1. The van der Waals surface area contributed by atoms with Gasteiger partial charge in [0.1, 0.15) is 5.57 Å². The molecule has 146 valence electrons. The Morgan fingerprint density at radius 2 is 1.14 bits per heavy atom. The number of rotatable bonds is 7. The normalized spacial score (nSPS) is 10.1. The zero-order valence-corrected chi connectivity index (χ0v) is 17.4. The van der Waals surface area contributed by atoms with Gasteiger partial charge in [-0.3, -0.25) is 9.59 Å². The Bertz CT molecular complexity index is 927. The van der Waals surface area contributed by atoms with Gasteiger partial charge in [0, 0.05) is 17.6 Å². The zero-order valence-electron chi connectivity index (χ0n) is 15.8. The molecule has 0 aliphatic carbocycles. The Labute approximate surface area is 178 Å². The van der Waals surface area contributed by atoms with Gasteiger partial charge in [0.05, 0.1) is 0 Å². The molecule has 2 amide bonds. The van der Waals surface area contributed by atoms with Crippen molar-refractivity contribution in [2.45, 2.75) is 13.1 Å². The van der Waals surface area contributed by atoms with Crippen LogP contribution in [0, 0.1) is 0 Å². The first-order valence-corrected chi connectivity index (χ1v) is 10.0. The van der Waals surface area contributed by atoms with Gasteiger partial charge in [-0.2, -0.15) is 0 Å². The number of carbonyl (C=O) groups excluding carboxylic acids is 2. The minimum absolute atomic E-state index is 0.0687. The lowest BCUT2D eigenvalue weighted by molar-refractivity contribution is -0.123. The van der Waals surface area contributed by atoms with E-state index in [0.29, 0.717) is 13.1 Å². The third kappa shape index (κ3) is 6.43. The molecule has 2 N–H and O–H groups in total. The highest BCUT2D eigenvalue weighted by molar-refractivity contribution is 9.10. The highest BCUT2D eigenvalue weighted by atomic mass is 79.9. The number of amides is 2. The summed E-state index contributed by atoms with van der Waals surface area (Å²) in [7, 11) is 0. The average Bonchev–Trinajstić information content (AvgIpc) is 2.77. The highest BCUT2D eigenvalue weighted by Crippen LogP contribution is 2.14. The van der Waals surface area contributed by atoms with Crippen molar-refractivity contribution in [3.8, 4) is 0 Å². The van der Waals surface area contributed by atoms with Crippen molar-refractivity contribution in [3.63, 3.8) is 0 Å². The van der Waals surface area contributed by atoms with Crippen molar-refractivity contribution in [3.05, 3.63) is 112 Å². The van der Waals surface area contributed by atoms with Crippen LogP contribution in [0.15, 0.2) is 95.0 Å². The molecule has 3 aromatic rings. The zero-order chi connectivity index (χ0) is 20.5. The molecule has 3 aromatic carbocycles. The molecule has 0 radical (unpaired) electrons. The van der Waals surface area contributed by atoms with Crippen LogP contribution in [-0.2, 0) is 22.7 Å². The van der Waals surface area contributed by atoms with E-state index < -0.39 is 11.8 Å². The molecule has 0 atom stereocenters. The summed E-state index contributed by atoms with van der Waals surface area (Å²) >= 11 is 3.39. The summed E-state index contributed by atoms with van der Waals surface area (Å²) < 4.78 is 0.929. The molecule has 0 spiro atoms. The monoisotopic (exact) mass is 448 g/mol. The van der Waals surface area contributed by atoms with Crippen molar-refractivity contribution in [2.24, 2.45) is 0 Å². The molecule has 29 heavy (non-hydrogen) atoms. The molecule has 4 nitrogen and oxygen atoms in total. The molecule has 0 saturated heterocycles. The Balaban J connectivity index is 1.75. The lowest BCUT2D eigenvalue weighted by Crippen LogP contribution is -2.34. The fourth-order valence-electron chi connectivity index (χ4n) is 2.71. The second kappa shape index (κ2) is 10.4. The van der Waals surface area contributed by atoms with Crippen LogP contribution in [0.1, 0.15) is 16.7 Å². The highest BCUT2D eigenvalue weighted by Gasteiger charge is 2.18. The van der Waals surface area contributed by atoms with E-state index in [1.54, 1.807) is 6.08 Å². The van der Waals surface area contributed by atoms with Gasteiger partial charge in [0.15, 0.2) is 0 Å². The van der Waals surface area contributed by atoms with E-state index in [1.807, 2.05) is 84.9 Å². The number of nitrogens with one attached hydrogen (secondary N) is 2. The van der Waals surface area contributed by atoms with Gasteiger partial charge in [0.25, 0.3) is 11.8 Å². The molecule has 0 bridgehead atoms. The first kappa shape index (κ1) is 20.6. The van der Waals surface area contributed by atoms with E-state index in [2.05, 4.69) is 26.6 Å². The first-order valence-electron chi connectivity index (χ1n) is 9.23. The van der Waals surface area contributed by atoms with E-state index >= 15 is 0 Å². The number of halogens is 1. The van der Waals surface area contributed by atoms with Crippen LogP contribution in [0.25, 0.3) is 6.08 Å². The largest absolute Gasteiger partial charge is 0.348 e. The van der Waals surface area contributed by atoms with Crippen molar-refractivity contribution < 1.29 is 9.59 Å². The summed E-state index contributed by atoms with van der Waals surface area (Å²) in [5, 5.41) is 5.66. The van der Waals surface area contributed by atoms with Crippen molar-refractivity contribution in [1.29, 1.82) is 0 Å². The van der Waals surface area contributed by atoms with Gasteiger partial charge in [-0.05, 0) is 34.9 Å². The molecule has 5 heteroatoms. The topological polar surface area (TPSA) is 58.2 Å². The molecule has 0 aromatic heterocycles. The van der Waals surface area contributed by atoms with Crippen molar-refractivity contribution >= 4 is 33.8 Å². The van der Waals surface area contributed by atoms with E-state index in [1.165, 1.54) is 0 Å². The number of hydrogen-bond acceptors (Lipinski definition) is 2. The third-order valence-corrected chi connectivity index (χ3v) is 4.79. The van der Waals surface area contributed by atoms with E-state index in [9.17, 15) is 9.59 Å². The average molecular weight is 449 g/mol. The maximum atomic E-state index is 12.8. The van der Waals surface area contributed by atoms with Gasteiger partial charge in [-0.25, -0.2) is 0 Å².